The number of benzene rings is 3. The number of nitrogens with zero attached hydrogens (tertiary/aromatic N) is 1. The zero-order valence-electron chi connectivity index (χ0n) is 31.0. The lowest BCUT2D eigenvalue weighted by Gasteiger charge is -2.43. The minimum absolute atomic E-state index is 0.0433. The van der Waals surface area contributed by atoms with E-state index in [1.807, 2.05) is 49.4 Å². The molecule has 270 valence electrons. The van der Waals surface area contributed by atoms with Gasteiger partial charge in [0, 0.05) is 18.4 Å². The Morgan fingerprint density at radius 3 is 1.80 bits per heavy atom. The number of esters is 1. The van der Waals surface area contributed by atoms with Crippen LogP contribution in [0.5, 0.6) is 5.75 Å². The van der Waals surface area contributed by atoms with Gasteiger partial charge >= 0.3 is 12.1 Å². The summed E-state index contributed by atoms with van der Waals surface area (Å²) in [7, 11) is 0. The van der Waals surface area contributed by atoms with Crippen molar-refractivity contribution in [2.45, 2.75) is 117 Å². The molecule has 0 aliphatic carbocycles. The highest BCUT2D eigenvalue weighted by Crippen LogP contribution is 2.31. The van der Waals surface area contributed by atoms with E-state index in [0.29, 0.717) is 11.1 Å². The van der Waals surface area contributed by atoms with Gasteiger partial charge in [-0.1, -0.05) is 72.3 Å². The maximum absolute atomic E-state index is 14.9. The van der Waals surface area contributed by atoms with E-state index < -0.39 is 58.7 Å². The van der Waals surface area contributed by atoms with E-state index in [4.69, 9.17) is 9.47 Å². The van der Waals surface area contributed by atoms with Gasteiger partial charge in [0.1, 0.15) is 35.1 Å². The first-order valence-corrected chi connectivity index (χ1v) is 16.9. The molecular weight excluding hydrogens is 634 g/mol. The predicted octanol–water partition coefficient (Wildman–Crippen LogP) is 6.57. The fourth-order valence-electron chi connectivity index (χ4n) is 5.46. The number of alkyl carbamates (subject to hydrolysis) is 1. The van der Waals surface area contributed by atoms with Gasteiger partial charge in [-0.3, -0.25) is 9.59 Å². The molecule has 10 heteroatoms. The van der Waals surface area contributed by atoms with Gasteiger partial charge in [0.2, 0.25) is 11.8 Å². The Labute approximate surface area is 296 Å². The zero-order chi connectivity index (χ0) is 37.4. The summed E-state index contributed by atoms with van der Waals surface area (Å²) >= 11 is 0. The maximum atomic E-state index is 14.9. The van der Waals surface area contributed by atoms with Crippen LogP contribution in [0.25, 0.3) is 0 Å². The molecule has 0 fully saturated rings. The predicted molar refractivity (Wildman–Crippen MR) is 193 cm³/mol. The van der Waals surface area contributed by atoms with Crippen LogP contribution in [0.15, 0.2) is 78.9 Å². The number of ether oxygens (including phenoxy) is 2. The van der Waals surface area contributed by atoms with Gasteiger partial charge in [0.25, 0.3) is 0 Å². The largest absolute Gasteiger partial charge is 0.508 e. The molecule has 3 atom stereocenters. The van der Waals surface area contributed by atoms with Crippen molar-refractivity contribution in [1.82, 2.24) is 15.5 Å². The highest BCUT2D eigenvalue weighted by Gasteiger charge is 2.43. The Bertz CT molecular complexity index is 1620. The van der Waals surface area contributed by atoms with Crippen molar-refractivity contribution in [1.29, 1.82) is 0 Å². The topological polar surface area (TPSA) is 134 Å². The quantitative estimate of drug-likeness (QED) is 0.194. The molecule has 0 saturated carbocycles. The molecule has 10 nitrogen and oxygen atoms in total. The third-order valence-electron chi connectivity index (χ3n) is 7.48. The van der Waals surface area contributed by atoms with Crippen LogP contribution in [0.1, 0.15) is 90.6 Å². The molecule has 0 aliphatic rings. The molecule has 0 heterocycles. The number of hydrogen-bond acceptors (Lipinski definition) is 7. The number of phenols is 1. The van der Waals surface area contributed by atoms with Gasteiger partial charge in [-0.05, 0) is 98.1 Å². The highest BCUT2D eigenvalue weighted by molar-refractivity contribution is 5.94. The van der Waals surface area contributed by atoms with Crippen molar-refractivity contribution in [3.63, 3.8) is 0 Å². The van der Waals surface area contributed by atoms with Gasteiger partial charge in [0.05, 0.1) is 0 Å². The summed E-state index contributed by atoms with van der Waals surface area (Å²) in [5.41, 5.74) is 0.252. The van der Waals surface area contributed by atoms with Gasteiger partial charge in [0.15, 0.2) is 0 Å². The second kappa shape index (κ2) is 16.2. The third kappa shape index (κ3) is 12.2. The first-order chi connectivity index (χ1) is 23.1. The van der Waals surface area contributed by atoms with E-state index in [9.17, 15) is 24.3 Å². The molecule has 50 heavy (non-hydrogen) atoms. The molecule has 0 spiro atoms. The molecule has 3 aromatic rings. The van der Waals surface area contributed by atoms with Gasteiger partial charge in [-0.2, -0.15) is 0 Å². The average Bonchev–Trinajstić information content (AvgIpc) is 2.98. The smallest absolute Gasteiger partial charge is 0.408 e. The SMILES string of the molecule is Cc1cccc(C(C(=O)NC(Cc2ccccc2)C(=O)OC(C)(C)C)N(C(=O)C(Cc2ccc(O)cc2)NC(=O)OC(C)(C)C)C(C)(C)C)c1. The number of carbonyl (C=O) groups excluding carboxylic acids is 4. The number of aryl methyl sites for hydroxylation is 1. The number of phenolic OH excluding ortho intramolecular Hbond substituents is 1. The minimum Gasteiger partial charge on any atom is -0.508 e. The molecule has 3 unspecified atom stereocenters. The van der Waals surface area contributed by atoms with Gasteiger partial charge < -0.3 is 30.1 Å². The number of amides is 3. The second-order valence-electron chi connectivity index (χ2n) is 15.5. The van der Waals surface area contributed by atoms with E-state index in [1.165, 1.54) is 17.0 Å². The summed E-state index contributed by atoms with van der Waals surface area (Å²) in [5, 5.41) is 15.5. The van der Waals surface area contributed by atoms with Crippen LogP contribution in [0.3, 0.4) is 0 Å². The number of hydrogen-bond donors (Lipinski definition) is 3. The highest BCUT2D eigenvalue weighted by atomic mass is 16.6. The third-order valence-corrected chi connectivity index (χ3v) is 7.48. The van der Waals surface area contributed by atoms with Crippen molar-refractivity contribution < 1.29 is 33.8 Å². The van der Waals surface area contributed by atoms with Gasteiger partial charge in [-0.15, -0.1) is 0 Å². The molecule has 0 bridgehead atoms. The van der Waals surface area contributed by atoms with E-state index in [2.05, 4.69) is 10.6 Å². The van der Waals surface area contributed by atoms with E-state index in [-0.39, 0.29) is 18.6 Å². The normalized spacial score (nSPS) is 13.7. The first-order valence-electron chi connectivity index (χ1n) is 16.9. The number of carbonyl (C=O) groups is 4. The van der Waals surface area contributed by atoms with Crippen molar-refractivity contribution in [3.8, 4) is 5.75 Å². The minimum atomic E-state index is -1.22. The van der Waals surface area contributed by atoms with Crippen molar-refractivity contribution in [2.24, 2.45) is 0 Å². The summed E-state index contributed by atoms with van der Waals surface area (Å²) in [5.74, 6) is -1.69. The van der Waals surface area contributed by atoms with Crippen molar-refractivity contribution in [2.75, 3.05) is 0 Å². The Balaban J connectivity index is 2.14. The maximum Gasteiger partial charge on any atom is 0.408 e. The number of nitrogens with one attached hydrogen (secondary N) is 2. The van der Waals surface area contributed by atoms with E-state index >= 15 is 0 Å². The Morgan fingerprint density at radius 2 is 1.26 bits per heavy atom. The summed E-state index contributed by atoms with van der Waals surface area (Å²) in [6.45, 7) is 17.7. The van der Waals surface area contributed by atoms with Crippen LogP contribution in [0.4, 0.5) is 4.79 Å². The molecule has 3 rings (SSSR count). The van der Waals surface area contributed by atoms with Gasteiger partial charge in [-0.25, -0.2) is 9.59 Å². The molecule has 0 saturated heterocycles. The lowest BCUT2D eigenvalue weighted by molar-refractivity contribution is -0.159. The lowest BCUT2D eigenvalue weighted by Crippen LogP contribution is -2.60. The second-order valence-corrected chi connectivity index (χ2v) is 15.5. The van der Waals surface area contributed by atoms with Crippen LogP contribution in [0, 0.1) is 6.92 Å². The Morgan fingerprint density at radius 1 is 0.700 bits per heavy atom. The Hall–Kier alpha value is -4.86. The summed E-state index contributed by atoms with van der Waals surface area (Å²) in [4.78, 5) is 57.8. The molecular formula is C40H53N3O7. The summed E-state index contributed by atoms with van der Waals surface area (Å²) in [6.07, 6.45) is -0.593. The van der Waals surface area contributed by atoms with Crippen LogP contribution >= 0.6 is 0 Å². The lowest BCUT2D eigenvalue weighted by atomic mass is 9.93. The fourth-order valence-corrected chi connectivity index (χ4v) is 5.46. The van der Waals surface area contributed by atoms with E-state index in [0.717, 1.165) is 11.1 Å². The molecule has 0 aromatic heterocycles. The van der Waals surface area contributed by atoms with Crippen molar-refractivity contribution >= 4 is 23.9 Å². The number of rotatable bonds is 11. The first kappa shape index (κ1) is 39.6. The zero-order valence-corrected chi connectivity index (χ0v) is 31.0. The molecule has 0 aliphatic heterocycles. The molecule has 0 radical (unpaired) electrons. The van der Waals surface area contributed by atoms with E-state index in [1.54, 1.807) is 86.6 Å². The molecule has 3 aromatic carbocycles. The average molecular weight is 688 g/mol. The fraction of sp³-hybridized carbons (Fsp3) is 0.450. The number of aromatic hydroxyl groups is 1. The monoisotopic (exact) mass is 687 g/mol. The van der Waals surface area contributed by atoms with Crippen LogP contribution < -0.4 is 10.6 Å². The summed E-state index contributed by atoms with van der Waals surface area (Å²) < 4.78 is 11.3. The van der Waals surface area contributed by atoms with Crippen molar-refractivity contribution in [3.05, 3.63) is 101 Å². The summed E-state index contributed by atoms with van der Waals surface area (Å²) in [6, 6.07) is 19.4. The molecule has 3 amide bonds. The Kier molecular flexibility index (Phi) is 12.8. The van der Waals surface area contributed by atoms with Crippen LogP contribution in [0.2, 0.25) is 0 Å². The van der Waals surface area contributed by atoms with Crippen LogP contribution in [-0.4, -0.2) is 62.7 Å². The van der Waals surface area contributed by atoms with Crippen LogP contribution in [-0.2, 0) is 36.7 Å². The standard InChI is InChI=1S/C40H53N3O7/c1-26-15-14-18-29(23-26)33(34(45)41-32(36(47)49-39(5,6)7)25-27-16-12-11-13-17-27)43(38(2,3)4)35(46)31(42-37(48)50-40(8,9)10)24-28-19-21-30(44)22-20-28/h11-23,31-33,44H,24-25H2,1-10H3,(H,41,45)(H,42,48). The molecule has 3 N–H and O–H groups in total.